The van der Waals surface area contributed by atoms with E-state index in [1.165, 1.54) is 37.6 Å². The van der Waals surface area contributed by atoms with Crippen molar-refractivity contribution in [3.8, 4) is 5.75 Å². The van der Waals surface area contributed by atoms with Gasteiger partial charge in [-0.1, -0.05) is 6.07 Å². The number of benzene rings is 1. The molecule has 0 aliphatic carbocycles. The summed E-state index contributed by atoms with van der Waals surface area (Å²) in [6.45, 7) is 0. The van der Waals surface area contributed by atoms with Crippen LogP contribution in [-0.4, -0.2) is 33.9 Å². The first-order chi connectivity index (χ1) is 6.48. The van der Waals surface area contributed by atoms with Crippen molar-refractivity contribution in [2.45, 2.75) is 4.90 Å². The van der Waals surface area contributed by atoms with Crippen LogP contribution in [-0.2, 0) is 10.0 Å². The minimum absolute atomic E-state index is 0.238. The number of rotatable bonds is 3. The van der Waals surface area contributed by atoms with E-state index in [0.29, 0.717) is 5.75 Å². The van der Waals surface area contributed by atoms with E-state index in [9.17, 15) is 8.42 Å². The van der Waals surface area contributed by atoms with Gasteiger partial charge < -0.3 is 4.74 Å². The van der Waals surface area contributed by atoms with E-state index < -0.39 is 10.0 Å². The first-order valence-electron chi connectivity index (χ1n) is 4.05. The third-order valence-electron chi connectivity index (χ3n) is 1.82. The van der Waals surface area contributed by atoms with Crippen LogP contribution in [0.3, 0.4) is 0 Å². The summed E-state index contributed by atoms with van der Waals surface area (Å²) >= 11 is 0. The van der Waals surface area contributed by atoms with E-state index in [1.54, 1.807) is 12.1 Å². The van der Waals surface area contributed by atoms with Crippen molar-refractivity contribution in [1.82, 2.24) is 4.31 Å². The fourth-order valence-corrected chi connectivity index (χ4v) is 1.91. The summed E-state index contributed by atoms with van der Waals surface area (Å²) in [6.07, 6.45) is 0. The molecule has 0 spiro atoms. The maximum Gasteiger partial charge on any atom is 0.242 e. The molecule has 1 aromatic rings. The zero-order chi connectivity index (χ0) is 10.8. The minimum Gasteiger partial charge on any atom is -0.497 e. The molecule has 0 N–H and O–H groups in total. The van der Waals surface area contributed by atoms with Crippen LogP contribution in [0.15, 0.2) is 29.2 Å². The van der Waals surface area contributed by atoms with E-state index in [1.807, 2.05) is 0 Å². The molecule has 0 bridgehead atoms. The van der Waals surface area contributed by atoms with Crippen molar-refractivity contribution in [1.29, 1.82) is 0 Å². The van der Waals surface area contributed by atoms with Crippen LogP contribution in [0.2, 0.25) is 0 Å². The lowest BCUT2D eigenvalue weighted by atomic mass is 10.3. The molecule has 0 saturated carbocycles. The van der Waals surface area contributed by atoms with Gasteiger partial charge in [-0.25, -0.2) is 12.7 Å². The molecule has 4 nitrogen and oxygen atoms in total. The lowest BCUT2D eigenvalue weighted by Gasteiger charge is -2.11. The van der Waals surface area contributed by atoms with Gasteiger partial charge in [-0.15, -0.1) is 0 Å². The van der Waals surface area contributed by atoms with Crippen molar-refractivity contribution in [2.24, 2.45) is 0 Å². The third kappa shape index (κ3) is 2.05. The molecule has 0 aliphatic heterocycles. The molecule has 0 radical (unpaired) electrons. The molecule has 0 amide bonds. The van der Waals surface area contributed by atoms with Gasteiger partial charge in [0.05, 0.1) is 12.0 Å². The molecular weight excluding hydrogens is 202 g/mol. The highest BCUT2D eigenvalue weighted by Gasteiger charge is 2.17. The Morgan fingerprint density at radius 3 is 2.43 bits per heavy atom. The van der Waals surface area contributed by atoms with E-state index in [-0.39, 0.29) is 4.90 Å². The first kappa shape index (κ1) is 11.0. The van der Waals surface area contributed by atoms with Gasteiger partial charge >= 0.3 is 0 Å². The predicted molar refractivity (Wildman–Crippen MR) is 53.9 cm³/mol. The van der Waals surface area contributed by atoms with Crippen LogP contribution in [0.1, 0.15) is 0 Å². The Balaban J connectivity index is 3.20. The second-order valence-electron chi connectivity index (χ2n) is 2.97. The molecule has 0 unspecified atom stereocenters. The van der Waals surface area contributed by atoms with Crippen LogP contribution in [0.5, 0.6) is 5.75 Å². The van der Waals surface area contributed by atoms with Crippen LogP contribution >= 0.6 is 0 Å². The third-order valence-corrected chi connectivity index (χ3v) is 3.63. The average Bonchev–Trinajstić information content (AvgIpc) is 2.17. The summed E-state index contributed by atoms with van der Waals surface area (Å²) in [7, 11) is 1.13. The number of nitrogens with zero attached hydrogens (tertiary/aromatic N) is 1. The number of ether oxygens (including phenoxy) is 1. The largest absolute Gasteiger partial charge is 0.497 e. The van der Waals surface area contributed by atoms with Crippen molar-refractivity contribution in [2.75, 3.05) is 21.2 Å². The van der Waals surface area contributed by atoms with E-state index >= 15 is 0 Å². The Hall–Kier alpha value is -1.07. The Morgan fingerprint density at radius 2 is 1.93 bits per heavy atom. The highest BCUT2D eigenvalue weighted by atomic mass is 32.2. The van der Waals surface area contributed by atoms with Gasteiger partial charge in [-0.2, -0.15) is 0 Å². The average molecular weight is 215 g/mol. The number of methoxy groups -OCH3 is 1. The smallest absolute Gasteiger partial charge is 0.242 e. The minimum atomic E-state index is -3.36. The van der Waals surface area contributed by atoms with Crippen molar-refractivity contribution in [3.63, 3.8) is 0 Å². The predicted octanol–water partition coefficient (Wildman–Crippen LogP) is 0.946. The molecule has 78 valence electrons. The molecule has 0 aromatic heterocycles. The Labute approximate surface area is 84.2 Å². The molecule has 5 heteroatoms. The van der Waals surface area contributed by atoms with Crippen molar-refractivity contribution < 1.29 is 13.2 Å². The number of sulfonamides is 1. The van der Waals surface area contributed by atoms with Gasteiger partial charge in [-0.05, 0) is 12.1 Å². The molecule has 14 heavy (non-hydrogen) atoms. The maximum atomic E-state index is 11.7. The molecule has 1 aromatic carbocycles. The normalized spacial score (nSPS) is 11.7. The van der Waals surface area contributed by atoms with Gasteiger partial charge in [-0.3, -0.25) is 0 Å². The van der Waals surface area contributed by atoms with E-state index in [0.717, 1.165) is 0 Å². The lowest BCUT2D eigenvalue weighted by Crippen LogP contribution is -2.22. The van der Waals surface area contributed by atoms with Gasteiger partial charge in [0.1, 0.15) is 5.75 Å². The molecule has 0 heterocycles. The summed E-state index contributed by atoms with van der Waals surface area (Å²) in [5.41, 5.74) is 0. The van der Waals surface area contributed by atoms with E-state index in [4.69, 9.17) is 4.74 Å². The van der Waals surface area contributed by atoms with Gasteiger partial charge in [0, 0.05) is 20.2 Å². The molecule has 0 saturated heterocycles. The van der Waals surface area contributed by atoms with Crippen LogP contribution in [0.25, 0.3) is 0 Å². The van der Waals surface area contributed by atoms with E-state index in [2.05, 4.69) is 0 Å². The SMILES string of the molecule is COc1cccc(S(=O)(=O)N(C)C)c1. The summed E-state index contributed by atoms with van der Waals surface area (Å²) in [6, 6.07) is 6.39. The standard InChI is InChI=1S/C9H13NO3S/c1-10(2)14(11,12)9-6-4-5-8(7-9)13-3/h4-7H,1-3H3. The highest BCUT2D eigenvalue weighted by Crippen LogP contribution is 2.18. The van der Waals surface area contributed by atoms with Crippen LogP contribution in [0, 0.1) is 0 Å². The summed E-state index contributed by atoms with van der Waals surface area (Å²) in [4.78, 5) is 0.238. The second-order valence-corrected chi connectivity index (χ2v) is 5.12. The highest BCUT2D eigenvalue weighted by molar-refractivity contribution is 7.89. The summed E-state index contributed by atoms with van der Waals surface area (Å²) in [5.74, 6) is 0.535. The second kappa shape index (κ2) is 3.98. The van der Waals surface area contributed by atoms with Crippen LogP contribution < -0.4 is 4.74 Å². The van der Waals surface area contributed by atoms with Gasteiger partial charge in [0.15, 0.2) is 0 Å². The fraction of sp³-hybridized carbons (Fsp3) is 0.333. The fourth-order valence-electron chi connectivity index (χ4n) is 0.972. The molecular formula is C9H13NO3S. The Morgan fingerprint density at radius 1 is 1.29 bits per heavy atom. The summed E-state index contributed by atoms with van der Waals surface area (Å²) < 4.78 is 29.5. The molecule has 1 rings (SSSR count). The first-order valence-corrected chi connectivity index (χ1v) is 5.49. The summed E-state index contributed by atoms with van der Waals surface area (Å²) in [5, 5.41) is 0. The number of hydrogen-bond donors (Lipinski definition) is 0. The van der Waals surface area contributed by atoms with Crippen molar-refractivity contribution >= 4 is 10.0 Å². The molecule has 0 atom stereocenters. The van der Waals surface area contributed by atoms with Gasteiger partial charge in [0.2, 0.25) is 10.0 Å². The molecule has 0 fully saturated rings. The van der Waals surface area contributed by atoms with Crippen LogP contribution in [0.4, 0.5) is 0 Å². The maximum absolute atomic E-state index is 11.7. The molecule has 0 aliphatic rings. The van der Waals surface area contributed by atoms with Crippen molar-refractivity contribution in [3.05, 3.63) is 24.3 Å². The quantitative estimate of drug-likeness (QED) is 0.754. The number of hydrogen-bond acceptors (Lipinski definition) is 3. The zero-order valence-electron chi connectivity index (χ0n) is 8.39. The topological polar surface area (TPSA) is 46.6 Å². The Kier molecular flexibility index (Phi) is 3.13. The lowest BCUT2D eigenvalue weighted by molar-refractivity contribution is 0.413. The Bertz CT molecular complexity index is 412. The zero-order valence-corrected chi connectivity index (χ0v) is 9.21. The van der Waals surface area contributed by atoms with Gasteiger partial charge in [0.25, 0.3) is 0 Å². The monoisotopic (exact) mass is 215 g/mol.